The molecule has 0 atom stereocenters. The third kappa shape index (κ3) is 6.50. The number of anilines is 6. The number of para-hydroxylation sites is 5. The minimum atomic E-state index is -0.135. The lowest BCUT2D eigenvalue weighted by atomic mass is 9.95. The molecule has 11 rings (SSSR count). The third-order valence-electron chi connectivity index (χ3n) is 11.4. The molecule has 1 aromatic heterocycles. The van der Waals surface area contributed by atoms with E-state index >= 15 is 0 Å². The Morgan fingerprint density at radius 1 is 0.311 bits per heavy atom. The van der Waals surface area contributed by atoms with Gasteiger partial charge in [-0.1, -0.05) is 170 Å². The van der Waals surface area contributed by atoms with Gasteiger partial charge in [-0.05, 0) is 101 Å². The fraction of sp³-hybridized carbons (Fsp3) is 0. The van der Waals surface area contributed by atoms with Crippen molar-refractivity contribution in [1.82, 2.24) is 4.57 Å². The second-order valence-corrected chi connectivity index (χ2v) is 15.0. The number of fused-ring (bicyclic) bond motifs is 4. The fourth-order valence-electron chi connectivity index (χ4n) is 8.71. The van der Waals surface area contributed by atoms with Crippen molar-refractivity contribution in [3.63, 3.8) is 0 Å². The van der Waals surface area contributed by atoms with E-state index < -0.39 is 0 Å². The van der Waals surface area contributed by atoms with Gasteiger partial charge in [0.05, 0.1) is 27.9 Å². The highest BCUT2D eigenvalue weighted by atomic mass is 15.2. The average Bonchev–Trinajstić information content (AvgIpc) is 3.70. The minimum Gasteiger partial charge on any atom is -0.310 e. The SMILES string of the molecule is [2H]c1c([2H])c(N(c2ccccc2)c2ccc3c4ccccc4n(-c4ccccc4)c3c2)c([2H])c([2H])c1-c1cccc2c(N(c3ccccc3)c3ccccc3-c3ccccc3)cccc12. The van der Waals surface area contributed by atoms with Gasteiger partial charge in [0.25, 0.3) is 0 Å². The van der Waals surface area contributed by atoms with Gasteiger partial charge >= 0.3 is 0 Å². The third-order valence-corrected chi connectivity index (χ3v) is 11.4. The van der Waals surface area contributed by atoms with Gasteiger partial charge in [0, 0.05) is 50.2 Å². The zero-order valence-electron chi connectivity index (χ0n) is 37.2. The molecule has 0 unspecified atom stereocenters. The van der Waals surface area contributed by atoms with Gasteiger partial charge in [0.2, 0.25) is 0 Å². The first-order valence-corrected chi connectivity index (χ1v) is 20.5. The molecule has 288 valence electrons. The van der Waals surface area contributed by atoms with Crippen LogP contribution in [0.1, 0.15) is 5.48 Å². The molecule has 11 aromatic rings. The summed E-state index contributed by atoms with van der Waals surface area (Å²) < 4.78 is 41.3. The molecule has 0 bridgehead atoms. The first kappa shape index (κ1) is 31.8. The van der Waals surface area contributed by atoms with Crippen LogP contribution in [-0.2, 0) is 0 Å². The zero-order valence-corrected chi connectivity index (χ0v) is 33.2. The maximum absolute atomic E-state index is 9.78. The minimum absolute atomic E-state index is 0.117. The van der Waals surface area contributed by atoms with E-state index in [-0.39, 0.29) is 35.4 Å². The van der Waals surface area contributed by atoms with Crippen molar-refractivity contribution in [3.05, 3.63) is 249 Å². The van der Waals surface area contributed by atoms with Crippen molar-refractivity contribution in [2.75, 3.05) is 9.80 Å². The van der Waals surface area contributed by atoms with E-state index in [1.165, 1.54) is 0 Å². The van der Waals surface area contributed by atoms with E-state index in [9.17, 15) is 5.48 Å². The monoisotopic (exact) mass is 783 g/mol. The summed E-state index contributed by atoms with van der Waals surface area (Å²) in [6, 6.07) is 75.1. The topological polar surface area (TPSA) is 11.4 Å². The lowest BCUT2D eigenvalue weighted by Gasteiger charge is -2.29. The molecule has 1 heterocycles. The van der Waals surface area contributed by atoms with E-state index in [1.807, 2.05) is 120 Å². The molecule has 3 nitrogen and oxygen atoms in total. The molecule has 0 aliphatic heterocycles. The van der Waals surface area contributed by atoms with Crippen molar-refractivity contribution in [3.8, 4) is 27.9 Å². The summed E-state index contributed by atoms with van der Waals surface area (Å²) >= 11 is 0. The average molecular weight is 784 g/mol. The highest BCUT2D eigenvalue weighted by Gasteiger charge is 2.21. The van der Waals surface area contributed by atoms with Crippen LogP contribution in [0, 0.1) is 0 Å². The molecule has 3 heteroatoms. The standard InChI is InChI=1S/C58H41N3/c1-5-19-42(20-6-1)50-27-13-15-32-55(50)60(45-23-9-3-10-24-45)57-34-18-30-51-49(29-17-31-52(51)57)43-35-37-47(38-36-43)59(44-21-7-2-8-22-44)48-39-40-54-53-28-14-16-33-56(53)61(58(54)41-48)46-25-11-4-12-26-46/h1-41H/i35D,36D,37D,38D. The lowest BCUT2D eigenvalue weighted by molar-refractivity contribution is 1.18. The quantitative estimate of drug-likeness (QED) is 0.144. The van der Waals surface area contributed by atoms with Crippen LogP contribution >= 0.6 is 0 Å². The van der Waals surface area contributed by atoms with E-state index in [2.05, 4.69) is 119 Å². The molecule has 61 heavy (non-hydrogen) atoms. The number of benzene rings is 10. The highest BCUT2D eigenvalue weighted by molar-refractivity contribution is 6.11. The summed E-state index contributed by atoms with van der Waals surface area (Å²) in [5.74, 6) is 0. The number of hydrogen-bond acceptors (Lipinski definition) is 2. The van der Waals surface area contributed by atoms with Crippen molar-refractivity contribution >= 4 is 66.7 Å². The van der Waals surface area contributed by atoms with Gasteiger partial charge in [0.1, 0.15) is 0 Å². The van der Waals surface area contributed by atoms with Crippen LogP contribution in [0.3, 0.4) is 0 Å². The van der Waals surface area contributed by atoms with Crippen LogP contribution in [0.4, 0.5) is 34.1 Å². The Balaban J connectivity index is 1.10. The number of nitrogens with zero attached hydrogens (tertiary/aromatic N) is 3. The summed E-state index contributed by atoms with van der Waals surface area (Å²) in [6.45, 7) is 0. The predicted octanol–water partition coefficient (Wildman–Crippen LogP) is 16.2. The van der Waals surface area contributed by atoms with Gasteiger partial charge in [-0.25, -0.2) is 0 Å². The van der Waals surface area contributed by atoms with E-state index in [0.717, 1.165) is 72.1 Å². The molecule has 0 saturated heterocycles. The van der Waals surface area contributed by atoms with E-state index in [4.69, 9.17) is 0 Å². The fourth-order valence-corrected chi connectivity index (χ4v) is 8.71. The van der Waals surface area contributed by atoms with Gasteiger partial charge in [-0.2, -0.15) is 0 Å². The van der Waals surface area contributed by atoms with Crippen LogP contribution in [0.15, 0.2) is 249 Å². The summed E-state index contributed by atoms with van der Waals surface area (Å²) in [5, 5.41) is 3.91. The second kappa shape index (κ2) is 15.6. The van der Waals surface area contributed by atoms with Crippen molar-refractivity contribution in [1.29, 1.82) is 0 Å². The molecule has 0 spiro atoms. The van der Waals surface area contributed by atoms with Crippen molar-refractivity contribution in [2.45, 2.75) is 0 Å². The molecule has 10 aromatic carbocycles. The molecular formula is C58H41N3. The predicted molar refractivity (Wildman–Crippen MR) is 259 cm³/mol. The summed E-state index contributed by atoms with van der Waals surface area (Å²) in [6.07, 6.45) is 0. The summed E-state index contributed by atoms with van der Waals surface area (Å²) in [7, 11) is 0. The summed E-state index contributed by atoms with van der Waals surface area (Å²) in [4.78, 5) is 4.12. The number of hydrogen-bond donors (Lipinski definition) is 0. The molecule has 0 aliphatic carbocycles. The molecular weight excluding hydrogens is 739 g/mol. The number of rotatable bonds is 9. The van der Waals surface area contributed by atoms with Crippen molar-refractivity contribution < 1.29 is 5.48 Å². The maximum Gasteiger partial charge on any atom is 0.0645 e. The van der Waals surface area contributed by atoms with Crippen LogP contribution in [-0.4, -0.2) is 4.57 Å². The molecule has 0 radical (unpaired) electrons. The molecule has 0 aliphatic rings. The Labute approximate surface area is 361 Å². The van der Waals surface area contributed by atoms with Crippen LogP contribution in [0.2, 0.25) is 0 Å². The van der Waals surface area contributed by atoms with Gasteiger partial charge in [-0.3, -0.25) is 0 Å². The van der Waals surface area contributed by atoms with Crippen LogP contribution in [0.5, 0.6) is 0 Å². The van der Waals surface area contributed by atoms with Crippen LogP contribution in [0.25, 0.3) is 60.5 Å². The van der Waals surface area contributed by atoms with Gasteiger partial charge < -0.3 is 14.4 Å². The van der Waals surface area contributed by atoms with Crippen molar-refractivity contribution in [2.24, 2.45) is 0 Å². The Kier molecular flexibility index (Phi) is 8.11. The first-order valence-electron chi connectivity index (χ1n) is 22.5. The molecule has 0 fully saturated rings. The highest BCUT2D eigenvalue weighted by Crippen LogP contribution is 2.45. The smallest absolute Gasteiger partial charge is 0.0645 e. The van der Waals surface area contributed by atoms with Gasteiger partial charge in [-0.15, -0.1) is 0 Å². The largest absolute Gasteiger partial charge is 0.310 e. The zero-order chi connectivity index (χ0) is 44.0. The van der Waals surface area contributed by atoms with E-state index in [1.54, 1.807) is 0 Å². The normalized spacial score (nSPS) is 12.2. The van der Waals surface area contributed by atoms with Gasteiger partial charge in [0.15, 0.2) is 0 Å². The number of aromatic nitrogens is 1. The van der Waals surface area contributed by atoms with E-state index in [0.29, 0.717) is 11.3 Å². The second-order valence-electron chi connectivity index (χ2n) is 15.0. The molecule has 0 amide bonds. The first-order chi connectivity index (χ1) is 32.0. The lowest BCUT2D eigenvalue weighted by Crippen LogP contribution is -2.11. The Morgan fingerprint density at radius 3 is 1.61 bits per heavy atom. The van der Waals surface area contributed by atoms with Crippen LogP contribution < -0.4 is 9.80 Å². The summed E-state index contributed by atoms with van der Waals surface area (Å²) in [5.41, 5.74) is 10.6. The Bertz CT molecular complexity index is 3510. The maximum atomic E-state index is 9.78. The Morgan fingerprint density at radius 2 is 0.852 bits per heavy atom. The molecule has 0 N–H and O–H groups in total. The molecule has 0 saturated carbocycles. The Hall–Kier alpha value is -8.14.